The van der Waals surface area contributed by atoms with E-state index in [1.165, 1.54) is 6.42 Å². The van der Waals surface area contributed by atoms with Crippen LogP contribution in [0.4, 0.5) is 0 Å². The number of hydrogen-bond acceptors (Lipinski definition) is 1. The molecule has 0 spiro atoms. The number of carboxylic acid groups (broad SMARTS) is 1. The number of carboxylic acids is 1. The number of carbonyl (C=O) groups is 1. The van der Waals surface area contributed by atoms with E-state index in [1.807, 2.05) is 0 Å². The lowest BCUT2D eigenvalue weighted by atomic mass is 9.57. The van der Waals surface area contributed by atoms with Crippen LogP contribution in [0.25, 0.3) is 0 Å². The van der Waals surface area contributed by atoms with Gasteiger partial charge in [0.05, 0.1) is 5.41 Å². The smallest absolute Gasteiger partial charge is 0.310 e. The van der Waals surface area contributed by atoms with Crippen molar-refractivity contribution in [3.8, 4) is 0 Å². The van der Waals surface area contributed by atoms with Crippen LogP contribution in [0.2, 0.25) is 0 Å². The summed E-state index contributed by atoms with van der Waals surface area (Å²) in [5.74, 6) is -0.0457. The molecule has 1 N–H and O–H groups in total. The molecule has 0 heterocycles. The molecule has 0 bridgehead atoms. The first-order valence-corrected chi connectivity index (χ1v) is 5.53. The highest BCUT2D eigenvalue weighted by molar-refractivity contribution is 5.75. The SMILES string of the molecule is CC1CCCC(C(=O)O)(C(C)(C)C)C1. The minimum absolute atomic E-state index is 0.131. The average molecular weight is 198 g/mol. The van der Waals surface area contributed by atoms with Gasteiger partial charge >= 0.3 is 5.97 Å². The zero-order valence-corrected chi connectivity index (χ0v) is 9.76. The van der Waals surface area contributed by atoms with Crippen LogP contribution in [0.5, 0.6) is 0 Å². The van der Waals surface area contributed by atoms with Crippen molar-refractivity contribution in [2.24, 2.45) is 16.7 Å². The van der Waals surface area contributed by atoms with E-state index in [2.05, 4.69) is 27.7 Å². The zero-order chi connectivity index (χ0) is 11.0. The second-order valence-corrected chi connectivity index (χ2v) is 5.84. The lowest BCUT2D eigenvalue weighted by Crippen LogP contribution is -2.46. The van der Waals surface area contributed by atoms with Gasteiger partial charge in [-0.1, -0.05) is 40.5 Å². The van der Waals surface area contributed by atoms with Gasteiger partial charge in [-0.3, -0.25) is 4.79 Å². The standard InChI is InChI=1S/C12H22O2/c1-9-6-5-7-12(8-9,10(13)14)11(2,3)4/h9H,5-8H2,1-4H3,(H,13,14). The first-order valence-electron chi connectivity index (χ1n) is 5.53. The zero-order valence-electron chi connectivity index (χ0n) is 9.76. The summed E-state index contributed by atoms with van der Waals surface area (Å²) in [7, 11) is 0. The molecule has 2 atom stereocenters. The summed E-state index contributed by atoms with van der Waals surface area (Å²) in [5, 5.41) is 9.44. The van der Waals surface area contributed by atoms with Crippen LogP contribution in [-0.2, 0) is 4.79 Å². The predicted molar refractivity (Wildman–Crippen MR) is 57.2 cm³/mol. The normalized spacial score (nSPS) is 34.1. The Bertz CT molecular complexity index is 227. The van der Waals surface area contributed by atoms with Gasteiger partial charge in [-0.25, -0.2) is 0 Å². The molecule has 0 aliphatic heterocycles. The molecule has 2 heteroatoms. The Morgan fingerprint density at radius 1 is 1.43 bits per heavy atom. The fraction of sp³-hybridized carbons (Fsp3) is 0.917. The molecule has 1 aliphatic carbocycles. The Morgan fingerprint density at radius 3 is 2.29 bits per heavy atom. The Balaban J connectivity index is 2.98. The molecule has 0 aromatic carbocycles. The van der Waals surface area contributed by atoms with Gasteiger partial charge < -0.3 is 5.11 Å². The molecule has 0 radical (unpaired) electrons. The van der Waals surface area contributed by atoms with Crippen molar-refractivity contribution in [1.82, 2.24) is 0 Å². The van der Waals surface area contributed by atoms with Crippen LogP contribution in [0.1, 0.15) is 53.4 Å². The fourth-order valence-electron chi connectivity index (χ4n) is 2.75. The van der Waals surface area contributed by atoms with E-state index in [0.717, 1.165) is 19.3 Å². The van der Waals surface area contributed by atoms with Crippen molar-refractivity contribution in [3.63, 3.8) is 0 Å². The van der Waals surface area contributed by atoms with Crippen molar-refractivity contribution in [2.75, 3.05) is 0 Å². The third-order valence-electron chi connectivity index (χ3n) is 3.84. The van der Waals surface area contributed by atoms with E-state index >= 15 is 0 Å². The summed E-state index contributed by atoms with van der Waals surface area (Å²) in [6, 6.07) is 0. The van der Waals surface area contributed by atoms with Crippen LogP contribution in [0, 0.1) is 16.7 Å². The molecule has 1 fully saturated rings. The lowest BCUT2D eigenvalue weighted by molar-refractivity contribution is -0.161. The van der Waals surface area contributed by atoms with E-state index in [0.29, 0.717) is 5.92 Å². The summed E-state index contributed by atoms with van der Waals surface area (Å²) in [6.45, 7) is 8.33. The summed E-state index contributed by atoms with van der Waals surface area (Å²) >= 11 is 0. The summed E-state index contributed by atoms with van der Waals surface area (Å²) in [5.41, 5.74) is -0.627. The van der Waals surface area contributed by atoms with Crippen LogP contribution < -0.4 is 0 Å². The number of rotatable bonds is 1. The van der Waals surface area contributed by atoms with Gasteiger partial charge in [-0.2, -0.15) is 0 Å². The van der Waals surface area contributed by atoms with Crippen LogP contribution in [0.15, 0.2) is 0 Å². The molecule has 1 rings (SSSR count). The van der Waals surface area contributed by atoms with Crippen molar-refractivity contribution in [2.45, 2.75) is 53.4 Å². The third kappa shape index (κ3) is 1.79. The van der Waals surface area contributed by atoms with Gasteiger partial charge in [-0.05, 0) is 24.2 Å². The quantitative estimate of drug-likeness (QED) is 0.701. The predicted octanol–water partition coefficient (Wildman–Crippen LogP) is 3.31. The van der Waals surface area contributed by atoms with Crippen molar-refractivity contribution >= 4 is 5.97 Å². The second-order valence-electron chi connectivity index (χ2n) is 5.84. The summed E-state index contributed by atoms with van der Waals surface area (Å²) in [4.78, 5) is 11.5. The van der Waals surface area contributed by atoms with Gasteiger partial charge in [0.15, 0.2) is 0 Å². The highest BCUT2D eigenvalue weighted by atomic mass is 16.4. The maximum Gasteiger partial charge on any atom is 0.310 e. The highest BCUT2D eigenvalue weighted by Gasteiger charge is 2.50. The Hall–Kier alpha value is -0.530. The molecule has 0 aromatic rings. The van der Waals surface area contributed by atoms with Gasteiger partial charge in [0, 0.05) is 0 Å². The fourth-order valence-corrected chi connectivity index (χ4v) is 2.75. The number of hydrogen-bond donors (Lipinski definition) is 1. The van der Waals surface area contributed by atoms with Crippen molar-refractivity contribution in [1.29, 1.82) is 0 Å². The Morgan fingerprint density at radius 2 is 2.00 bits per heavy atom. The van der Waals surface area contributed by atoms with E-state index in [4.69, 9.17) is 0 Å². The van der Waals surface area contributed by atoms with Crippen LogP contribution in [0.3, 0.4) is 0 Å². The molecular weight excluding hydrogens is 176 g/mol. The molecule has 2 nitrogen and oxygen atoms in total. The van der Waals surface area contributed by atoms with E-state index in [-0.39, 0.29) is 5.41 Å². The van der Waals surface area contributed by atoms with E-state index in [1.54, 1.807) is 0 Å². The van der Waals surface area contributed by atoms with Gasteiger partial charge in [0.25, 0.3) is 0 Å². The molecule has 14 heavy (non-hydrogen) atoms. The first kappa shape index (κ1) is 11.5. The molecule has 1 aliphatic rings. The maximum atomic E-state index is 11.5. The molecule has 82 valence electrons. The Kier molecular flexibility index (Phi) is 2.93. The lowest BCUT2D eigenvalue weighted by Gasteiger charge is -2.45. The first-order chi connectivity index (χ1) is 6.29. The Labute approximate surface area is 86.7 Å². The van der Waals surface area contributed by atoms with Crippen LogP contribution in [-0.4, -0.2) is 11.1 Å². The molecular formula is C12H22O2. The third-order valence-corrected chi connectivity index (χ3v) is 3.84. The van der Waals surface area contributed by atoms with E-state index in [9.17, 15) is 9.90 Å². The average Bonchev–Trinajstić information content (AvgIpc) is 2.01. The monoisotopic (exact) mass is 198 g/mol. The topological polar surface area (TPSA) is 37.3 Å². The van der Waals surface area contributed by atoms with Crippen molar-refractivity contribution in [3.05, 3.63) is 0 Å². The second kappa shape index (κ2) is 3.56. The largest absolute Gasteiger partial charge is 0.481 e. The minimum atomic E-state index is -0.600. The summed E-state index contributed by atoms with van der Waals surface area (Å²) in [6.07, 6.45) is 3.93. The van der Waals surface area contributed by atoms with Gasteiger partial charge in [0.2, 0.25) is 0 Å². The highest BCUT2D eigenvalue weighted by Crippen LogP contribution is 2.51. The van der Waals surface area contributed by atoms with Crippen LogP contribution >= 0.6 is 0 Å². The molecule has 0 amide bonds. The molecule has 0 saturated heterocycles. The summed E-state index contributed by atoms with van der Waals surface area (Å²) < 4.78 is 0. The minimum Gasteiger partial charge on any atom is -0.481 e. The number of aliphatic carboxylic acids is 1. The van der Waals surface area contributed by atoms with Gasteiger partial charge in [0.1, 0.15) is 0 Å². The molecule has 0 aromatic heterocycles. The molecule has 1 saturated carbocycles. The molecule has 2 unspecified atom stereocenters. The van der Waals surface area contributed by atoms with Gasteiger partial charge in [-0.15, -0.1) is 0 Å². The van der Waals surface area contributed by atoms with Crippen molar-refractivity contribution < 1.29 is 9.90 Å². The maximum absolute atomic E-state index is 11.5. The van der Waals surface area contributed by atoms with E-state index < -0.39 is 11.4 Å².